The fourth-order valence-corrected chi connectivity index (χ4v) is 2.53. The smallest absolute Gasteiger partial charge is 0.253 e. The number of carbonyl (C=O) groups is 2. The van der Waals surface area contributed by atoms with Crippen LogP contribution < -0.4 is 5.73 Å². The van der Waals surface area contributed by atoms with Gasteiger partial charge in [-0.15, -0.1) is 12.4 Å². The number of carbonyl (C=O) groups excluding carboxylic acids is 2. The third-order valence-electron chi connectivity index (χ3n) is 4.05. The molecule has 0 saturated heterocycles. The van der Waals surface area contributed by atoms with E-state index in [0.717, 1.165) is 11.1 Å². The largest absolute Gasteiger partial charge is 0.399 e. The lowest BCUT2D eigenvalue weighted by atomic mass is 10.1. The predicted molar refractivity (Wildman–Crippen MR) is 107 cm³/mol. The number of halogens is 1. The van der Waals surface area contributed by atoms with Gasteiger partial charge in [-0.2, -0.15) is 0 Å². The maximum absolute atomic E-state index is 12.5. The van der Waals surface area contributed by atoms with Gasteiger partial charge in [0.1, 0.15) is 0 Å². The van der Waals surface area contributed by atoms with E-state index in [1.807, 2.05) is 31.2 Å². The lowest BCUT2D eigenvalue weighted by Gasteiger charge is -2.21. The summed E-state index contributed by atoms with van der Waals surface area (Å²) < 4.78 is 0. The van der Waals surface area contributed by atoms with E-state index in [-0.39, 0.29) is 24.2 Å². The topological polar surface area (TPSA) is 66.6 Å². The molecule has 2 aromatic carbocycles. The van der Waals surface area contributed by atoms with Crippen LogP contribution in [0, 0.1) is 0 Å². The summed E-state index contributed by atoms with van der Waals surface area (Å²) in [5.74, 6) is 0.0408. The molecule has 2 rings (SSSR count). The monoisotopic (exact) mass is 375 g/mol. The van der Waals surface area contributed by atoms with Crippen molar-refractivity contribution >= 4 is 29.9 Å². The van der Waals surface area contributed by atoms with Crippen LogP contribution in [-0.4, -0.2) is 42.3 Å². The number of likely N-dealkylation sites (N-methyl/N-ethyl adjacent to an activating group) is 1. The fraction of sp³-hybridized carbons (Fsp3) is 0.300. The first-order chi connectivity index (χ1) is 11.9. The number of amides is 2. The molecule has 0 aromatic heterocycles. The predicted octanol–water partition coefficient (Wildman–Crippen LogP) is 2.98. The van der Waals surface area contributed by atoms with Crippen molar-refractivity contribution in [3.63, 3.8) is 0 Å². The Morgan fingerprint density at radius 1 is 0.923 bits per heavy atom. The van der Waals surface area contributed by atoms with Crippen molar-refractivity contribution in [2.75, 3.05) is 26.4 Å². The lowest BCUT2D eigenvalue weighted by Crippen LogP contribution is -2.31. The van der Waals surface area contributed by atoms with Crippen molar-refractivity contribution in [2.45, 2.75) is 19.9 Å². The molecule has 0 heterocycles. The van der Waals surface area contributed by atoms with E-state index >= 15 is 0 Å². The summed E-state index contributed by atoms with van der Waals surface area (Å²) in [6.07, 6.45) is 0.352. The first-order valence-electron chi connectivity index (χ1n) is 8.33. The van der Waals surface area contributed by atoms with Gasteiger partial charge >= 0.3 is 0 Å². The summed E-state index contributed by atoms with van der Waals surface area (Å²) in [7, 11) is 3.45. The van der Waals surface area contributed by atoms with Crippen LogP contribution in [0.3, 0.4) is 0 Å². The lowest BCUT2D eigenvalue weighted by molar-refractivity contribution is -0.130. The number of nitrogen functional groups attached to an aromatic ring is 1. The molecular weight excluding hydrogens is 350 g/mol. The number of rotatable bonds is 6. The minimum atomic E-state index is -0.0293. The van der Waals surface area contributed by atoms with E-state index in [1.54, 1.807) is 48.2 Å². The van der Waals surface area contributed by atoms with Crippen LogP contribution in [0.15, 0.2) is 48.5 Å². The van der Waals surface area contributed by atoms with E-state index in [0.29, 0.717) is 30.8 Å². The summed E-state index contributed by atoms with van der Waals surface area (Å²) >= 11 is 0. The van der Waals surface area contributed by atoms with Gasteiger partial charge in [0.2, 0.25) is 5.91 Å². The molecule has 0 radical (unpaired) electrons. The fourth-order valence-electron chi connectivity index (χ4n) is 2.53. The van der Waals surface area contributed by atoms with Crippen molar-refractivity contribution in [3.05, 3.63) is 65.2 Å². The van der Waals surface area contributed by atoms with Crippen LogP contribution in [0.2, 0.25) is 0 Å². The van der Waals surface area contributed by atoms with Gasteiger partial charge in [0, 0.05) is 38.4 Å². The maximum Gasteiger partial charge on any atom is 0.253 e. The standard InChI is InChI=1S/C20H25N3O2.ClH/c1-4-23(19(24)13-15-7-11-18(21)12-8-15)14-16-5-9-17(10-6-16)20(25)22(2)3;/h5-12H,4,13-14,21H2,1-3H3;1H. The third kappa shape index (κ3) is 5.77. The van der Waals surface area contributed by atoms with Gasteiger partial charge in [0.05, 0.1) is 6.42 Å². The zero-order chi connectivity index (χ0) is 18.4. The summed E-state index contributed by atoms with van der Waals surface area (Å²) in [5.41, 5.74) is 8.96. The zero-order valence-electron chi connectivity index (χ0n) is 15.4. The highest BCUT2D eigenvalue weighted by Crippen LogP contribution is 2.12. The van der Waals surface area contributed by atoms with E-state index < -0.39 is 0 Å². The summed E-state index contributed by atoms with van der Waals surface area (Å²) in [6.45, 7) is 3.12. The van der Waals surface area contributed by atoms with E-state index in [1.165, 1.54) is 0 Å². The molecule has 0 aliphatic carbocycles. The van der Waals surface area contributed by atoms with Crippen LogP contribution >= 0.6 is 12.4 Å². The van der Waals surface area contributed by atoms with Gasteiger partial charge in [-0.3, -0.25) is 9.59 Å². The van der Waals surface area contributed by atoms with E-state index in [9.17, 15) is 9.59 Å². The van der Waals surface area contributed by atoms with Crippen molar-refractivity contribution in [1.29, 1.82) is 0 Å². The maximum atomic E-state index is 12.5. The number of hydrogen-bond acceptors (Lipinski definition) is 3. The Morgan fingerprint density at radius 2 is 1.46 bits per heavy atom. The van der Waals surface area contributed by atoms with Gasteiger partial charge in [-0.05, 0) is 42.3 Å². The number of hydrogen-bond donors (Lipinski definition) is 1. The van der Waals surface area contributed by atoms with Crippen molar-refractivity contribution in [2.24, 2.45) is 0 Å². The Balaban J connectivity index is 0.00000338. The molecule has 26 heavy (non-hydrogen) atoms. The Morgan fingerprint density at radius 3 is 1.96 bits per heavy atom. The van der Waals surface area contributed by atoms with Gasteiger partial charge in [-0.1, -0.05) is 24.3 Å². The number of anilines is 1. The summed E-state index contributed by atoms with van der Waals surface area (Å²) in [6, 6.07) is 14.8. The average molecular weight is 376 g/mol. The number of benzene rings is 2. The minimum Gasteiger partial charge on any atom is -0.399 e. The Labute approximate surface area is 161 Å². The molecule has 2 N–H and O–H groups in total. The SMILES string of the molecule is CCN(Cc1ccc(C(=O)N(C)C)cc1)C(=O)Cc1ccc(N)cc1.Cl. The van der Waals surface area contributed by atoms with Crippen LogP contribution in [-0.2, 0) is 17.8 Å². The molecule has 0 fully saturated rings. The molecule has 0 spiro atoms. The van der Waals surface area contributed by atoms with Crippen LogP contribution in [0.25, 0.3) is 0 Å². The van der Waals surface area contributed by atoms with Crippen molar-refractivity contribution < 1.29 is 9.59 Å². The molecule has 6 heteroatoms. The normalized spacial score (nSPS) is 9.96. The summed E-state index contributed by atoms with van der Waals surface area (Å²) in [4.78, 5) is 27.8. The van der Waals surface area contributed by atoms with Crippen LogP contribution in [0.4, 0.5) is 5.69 Å². The Bertz CT molecular complexity index is 728. The first-order valence-corrected chi connectivity index (χ1v) is 8.33. The number of nitrogens with two attached hydrogens (primary N) is 1. The molecule has 0 unspecified atom stereocenters. The molecule has 5 nitrogen and oxygen atoms in total. The van der Waals surface area contributed by atoms with Gasteiger partial charge in [0.15, 0.2) is 0 Å². The molecule has 2 amide bonds. The minimum absolute atomic E-state index is 0. The van der Waals surface area contributed by atoms with Crippen molar-refractivity contribution in [1.82, 2.24) is 9.80 Å². The molecule has 0 aliphatic heterocycles. The highest BCUT2D eigenvalue weighted by atomic mass is 35.5. The van der Waals surface area contributed by atoms with Gasteiger partial charge < -0.3 is 15.5 Å². The van der Waals surface area contributed by atoms with Crippen LogP contribution in [0.5, 0.6) is 0 Å². The van der Waals surface area contributed by atoms with Crippen molar-refractivity contribution in [3.8, 4) is 0 Å². The van der Waals surface area contributed by atoms with E-state index in [2.05, 4.69) is 0 Å². The molecular formula is C20H26ClN3O2. The molecule has 0 aliphatic rings. The highest BCUT2D eigenvalue weighted by molar-refractivity contribution is 5.93. The second kappa shape index (κ2) is 9.82. The second-order valence-electron chi connectivity index (χ2n) is 6.22. The molecule has 0 atom stereocenters. The molecule has 140 valence electrons. The highest BCUT2D eigenvalue weighted by Gasteiger charge is 2.14. The zero-order valence-corrected chi connectivity index (χ0v) is 16.3. The average Bonchev–Trinajstić information content (AvgIpc) is 2.61. The quantitative estimate of drug-likeness (QED) is 0.789. The third-order valence-corrected chi connectivity index (χ3v) is 4.05. The Kier molecular flexibility index (Phi) is 8.13. The van der Waals surface area contributed by atoms with Gasteiger partial charge in [0.25, 0.3) is 5.91 Å². The second-order valence-corrected chi connectivity index (χ2v) is 6.22. The van der Waals surface area contributed by atoms with E-state index in [4.69, 9.17) is 5.73 Å². The molecule has 0 bridgehead atoms. The Hall–Kier alpha value is -2.53. The van der Waals surface area contributed by atoms with Crippen LogP contribution in [0.1, 0.15) is 28.4 Å². The first kappa shape index (κ1) is 21.5. The molecule has 2 aromatic rings. The molecule has 0 saturated carbocycles. The van der Waals surface area contributed by atoms with Gasteiger partial charge in [-0.25, -0.2) is 0 Å². The number of nitrogens with zero attached hydrogens (tertiary/aromatic N) is 2. The summed E-state index contributed by atoms with van der Waals surface area (Å²) in [5, 5.41) is 0.